The summed E-state index contributed by atoms with van der Waals surface area (Å²) < 4.78 is 0. The summed E-state index contributed by atoms with van der Waals surface area (Å²) in [6, 6.07) is 7.61. The molecule has 90 valence electrons. The van der Waals surface area contributed by atoms with Crippen LogP contribution in [0.3, 0.4) is 0 Å². The quantitative estimate of drug-likeness (QED) is 0.606. The van der Waals surface area contributed by atoms with Gasteiger partial charge in [0, 0.05) is 5.69 Å². The molecule has 1 aromatic rings. The van der Waals surface area contributed by atoms with Gasteiger partial charge in [-0.3, -0.25) is 4.79 Å². The van der Waals surface area contributed by atoms with E-state index < -0.39 is 5.38 Å². The Bertz CT molecular complexity index is 414. The summed E-state index contributed by atoms with van der Waals surface area (Å²) in [6.45, 7) is 7.25. The third kappa shape index (κ3) is 4.08. The van der Waals surface area contributed by atoms with E-state index in [2.05, 4.69) is 18.5 Å². The minimum atomic E-state index is -0.579. The first-order valence-corrected chi connectivity index (χ1v) is 5.87. The SMILES string of the molecule is C=CCc1ccccc1NC(=O)C(Cl)CC=C. The van der Waals surface area contributed by atoms with Gasteiger partial charge < -0.3 is 5.32 Å². The summed E-state index contributed by atoms with van der Waals surface area (Å²) in [5.74, 6) is -0.205. The molecule has 0 aromatic heterocycles. The van der Waals surface area contributed by atoms with Gasteiger partial charge in [0.2, 0.25) is 5.91 Å². The van der Waals surface area contributed by atoms with E-state index in [4.69, 9.17) is 11.6 Å². The van der Waals surface area contributed by atoms with Crippen molar-refractivity contribution in [3.05, 3.63) is 55.1 Å². The van der Waals surface area contributed by atoms with Gasteiger partial charge in [-0.15, -0.1) is 24.8 Å². The fourth-order valence-electron chi connectivity index (χ4n) is 1.44. The van der Waals surface area contributed by atoms with E-state index in [1.54, 1.807) is 12.2 Å². The number of amides is 1. The number of carbonyl (C=O) groups excluding carboxylic acids is 1. The van der Waals surface area contributed by atoms with Crippen molar-refractivity contribution >= 4 is 23.2 Å². The van der Waals surface area contributed by atoms with Crippen molar-refractivity contribution < 1.29 is 4.79 Å². The first-order chi connectivity index (χ1) is 8.19. The van der Waals surface area contributed by atoms with Gasteiger partial charge in [-0.05, 0) is 24.5 Å². The first-order valence-electron chi connectivity index (χ1n) is 5.43. The zero-order chi connectivity index (χ0) is 12.7. The second-order valence-electron chi connectivity index (χ2n) is 3.63. The minimum absolute atomic E-state index is 0.205. The summed E-state index contributed by atoms with van der Waals surface area (Å²) in [5.41, 5.74) is 1.81. The molecule has 1 unspecified atom stereocenters. The average Bonchev–Trinajstić information content (AvgIpc) is 2.32. The highest BCUT2D eigenvalue weighted by Crippen LogP contribution is 2.17. The van der Waals surface area contributed by atoms with Crippen LogP contribution in [0, 0.1) is 0 Å². The zero-order valence-electron chi connectivity index (χ0n) is 9.66. The van der Waals surface area contributed by atoms with E-state index in [0.717, 1.165) is 11.3 Å². The molecule has 0 aliphatic rings. The van der Waals surface area contributed by atoms with Crippen molar-refractivity contribution in [2.45, 2.75) is 18.2 Å². The third-order valence-electron chi connectivity index (χ3n) is 2.30. The molecule has 1 aromatic carbocycles. The van der Waals surface area contributed by atoms with Crippen molar-refractivity contribution in [3.63, 3.8) is 0 Å². The molecule has 0 saturated carbocycles. The molecule has 0 radical (unpaired) electrons. The predicted octanol–water partition coefficient (Wildman–Crippen LogP) is 3.54. The van der Waals surface area contributed by atoms with Gasteiger partial charge in [0.1, 0.15) is 5.38 Å². The molecule has 1 atom stereocenters. The Morgan fingerprint density at radius 1 is 1.35 bits per heavy atom. The largest absolute Gasteiger partial charge is 0.325 e. The molecule has 1 N–H and O–H groups in total. The van der Waals surface area contributed by atoms with E-state index in [1.165, 1.54) is 0 Å². The number of hydrogen-bond acceptors (Lipinski definition) is 1. The van der Waals surface area contributed by atoms with E-state index in [0.29, 0.717) is 12.8 Å². The van der Waals surface area contributed by atoms with Crippen LogP contribution in [-0.4, -0.2) is 11.3 Å². The second-order valence-corrected chi connectivity index (χ2v) is 4.16. The Balaban J connectivity index is 2.76. The molecule has 0 heterocycles. The number of hydrogen-bond donors (Lipinski definition) is 1. The smallest absolute Gasteiger partial charge is 0.242 e. The fraction of sp³-hybridized carbons (Fsp3) is 0.214. The van der Waals surface area contributed by atoms with E-state index in [9.17, 15) is 4.79 Å². The van der Waals surface area contributed by atoms with Crippen molar-refractivity contribution in [1.82, 2.24) is 0 Å². The lowest BCUT2D eigenvalue weighted by Gasteiger charge is -2.12. The van der Waals surface area contributed by atoms with Crippen LogP contribution in [0.2, 0.25) is 0 Å². The number of allylic oxidation sites excluding steroid dienone is 2. The fourth-order valence-corrected chi connectivity index (χ4v) is 1.62. The molecule has 2 nitrogen and oxygen atoms in total. The molecule has 0 bridgehead atoms. The number of halogens is 1. The molecule has 1 amide bonds. The first kappa shape index (κ1) is 13.5. The topological polar surface area (TPSA) is 29.1 Å². The predicted molar refractivity (Wildman–Crippen MR) is 73.4 cm³/mol. The van der Waals surface area contributed by atoms with Crippen LogP contribution in [0.15, 0.2) is 49.6 Å². The maximum absolute atomic E-state index is 11.7. The van der Waals surface area contributed by atoms with E-state index >= 15 is 0 Å². The normalized spacial score (nSPS) is 11.6. The van der Waals surface area contributed by atoms with Crippen LogP contribution in [-0.2, 0) is 11.2 Å². The summed E-state index contributed by atoms with van der Waals surface area (Å²) in [4.78, 5) is 11.7. The molecule has 3 heteroatoms. The van der Waals surface area contributed by atoms with Gasteiger partial charge in [0.05, 0.1) is 0 Å². The monoisotopic (exact) mass is 249 g/mol. The van der Waals surface area contributed by atoms with Crippen LogP contribution in [0.4, 0.5) is 5.69 Å². The number of anilines is 1. The van der Waals surface area contributed by atoms with Crippen molar-refractivity contribution in [2.75, 3.05) is 5.32 Å². The van der Waals surface area contributed by atoms with Gasteiger partial charge in [-0.25, -0.2) is 0 Å². The molecule has 0 saturated heterocycles. The van der Waals surface area contributed by atoms with Crippen molar-refractivity contribution in [3.8, 4) is 0 Å². The maximum atomic E-state index is 11.7. The average molecular weight is 250 g/mol. The zero-order valence-corrected chi connectivity index (χ0v) is 10.4. The number of alkyl halides is 1. The van der Waals surface area contributed by atoms with E-state index in [-0.39, 0.29) is 5.91 Å². The Kier molecular flexibility index (Phi) is 5.50. The van der Waals surface area contributed by atoms with Crippen LogP contribution >= 0.6 is 11.6 Å². The van der Waals surface area contributed by atoms with Crippen LogP contribution in [0.25, 0.3) is 0 Å². The van der Waals surface area contributed by atoms with E-state index in [1.807, 2.05) is 24.3 Å². The van der Waals surface area contributed by atoms with Gasteiger partial charge >= 0.3 is 0 Å². The Morgan fingerprint density at radius 3 is 2.71 bits per heavy atom. The number of carbonyl (C=O) groups is 1. The molecular formula is C14H16ClNO. The summed E-state index contributed by atoms with van der Waals surface area (Å²) in [6.07, 6.45) is 4.60. The Labute approximate surface area is 107 Å². The summed E-state index contributed by atoms with van der Waals surface area (Å²) >= 11 is 5.91. The Hall–Kier alpha value is -1.54. The highest BCUT2D eigenvalue weighted by molar-refractivity contribution is 6.32. The molecule has 0 aliphatic carbocycles. The van der Waals surface area contributed by atoms with Gasteiger partial charge in [0.25, 0.3) is 0 Å². The van der Waals surface area contributed by atoms with Gasteiger partial charge in [-0.2, -0.15) is 0 Å². The molecule has 0 aliphatic heterocycles. The summed E-state index contributed by atoms with van der Waals surface area (Å²) in [5, 5.41) is 2.23. The Morgan fingerprint density at radius 2 is 2.06 bits per heavy atom. The standard InChI is InChI=1S/C14H16ClNO/c1-3-7-11-9-5-6-10-13(11)16-14(17)12(15)8-4-2/h3-6,9-10,12H,1-2,7-8H2,(H,16,17). The third-order valence-corrected chi connectivity index (χ3v) is 2.67. The van der Waals surface area contributed by atoms with Gasteiger partial charge in [-0.1, -0.05) is 30.4 Å². The lowest BCUT2D eigenvalue weighted by Crippen LogP contribution is -2.23. The lowest BCUT2D eigenvalue weighted by atomic mass is 10.1. The number of benzene rings is 1. The molecule has 0 spiro atoms. The van der Waals surface area contributed by atoms with Crippen LogP contribution < -0.4 is 5.32 Å². The highest BCUT2D eigenvalue weighted by atomic mass is 35.5. The lowest BCUT2D eigenvalue weighted by molar-refractivity contribution is -0.115. The second kappa shape index (κ2) is 6.92. The molecular weight excluding hydrogens is 234 g/mol. The highest BCUT2D eigenvalue weighted by Gasteiger charge is 2.14. The maximum Gasteiger partial charge on any atom is 0.242 e. The molecule has 0 fully saturated rings. The number of nitrogens with one attached hydrogen (secondary N) is 1. The van der Waals surface area contributed by atoms with Crippen LogP contribution in [0.5, 0.6) is 0 Å². The van der Waals surface area contributed by atoms with Crippen molar-refractivity contribution in [2.24, 2.45) is 0 Å². The minimum Gasteiger partial charge on any atom is -0.325 e. The molecule has 1 rings (SSSR count). The molecule has 17 heavy (non-hydrogen) atoms. The van der Waals surface area contributed by atoms with Crippen LogP contribution in [0.1, 0.15) is 12.0 Å². The van der Waals surface area contributed by atoms with Crippen molar-refractivity contribution in [1.29, 1.82) is 0 Å². The van der Waals surface area contributed by atoms with Gasteiger partial charge in [0.15, 0.2) is 0 Å². The number of rotatable bonds is 6. The summed E-state index contributed by atoms with van der Waals surface area (Å²) in [7, 11) is 0. The number of para-hydroxylation sites is 1.